The highest BCUT2D eigenvalue weighted by Gasteiger charge is 2.30. The molecule has 30 heavy (non-hydrogen) atoms. The molecular weight excluding hydrogens is 382 g/mol. The van der Waals surface area contributed by atoms with Crippen molar-refractivity contribution in [3.63, 3.8) is 0 Å². The Morgan fingerprint density at radius 2 is 1.73 bits per heavy atom. The fraction of sp³-hybridized carbons (Fsp3) is 0.174. The van der Waals surface area contributed by atoms with E-state index in [2.05, 4.69) is 5.32 Å². The van der Waals surface area contributed by atoms with E-state index in [1.54, 1.807) is 43.3 Å². The lowest BCUT2D eigenvalue weighted by Crippen LogP contribution is -2.41. The lowest BCUT2D eigenvalue weighted by molar-refractivity contribution is -0.122. The largest absolute Gasteiger partial charge is 0.452 e. The van der Waals surface area contributed by atoms with Crippen LogP contribution in [0.3, 0.4) is 0 Å². The first-order chi connectivity index (χ1) is 14.5. The highest BCUT2D eigenvalue weighted by atomic mass is 16.5. The number of carbonyl (C=O) groups is 3. The summed E-state index contributed by atoms with van der Waals surface area (Å²) in [5.41, 5.74) is 2.43. The molecule has 1 aromatic heterocycles. The molecule has 0 bridgehead atoms. The summed E-state index contributed by atoms with van der Waals surface area (Å²) in [5, 5.41) is 2.80. The van der Waals surface area contributed by atoms with Gasteiger partial charge in [0.1, 0.15) is 0 Å². The van der Waals surface area contributed by atoms with Crippen LogP contribution in [0.25, 0.3) is 5.69 Å². The van der Waals surface area contributed by atoms with Crippen LogP contribution in [0.4, 0.5) is 11.4 Å². The minimum absolute atomic E-state index is 0.162. The van der Waals surface area contributed by atoms with Crippen molar-refractivity contribution in [3.8, 4) is 5.69 Å². The predicted molar refractivity (Wildman–Crippen MR) is 113 cm³/mol. The van der Waals surface area contributed by atoms with E-state index in [1.807, 2.05) is 41.2 Å². The van der Waals surface area contributed by atoms with Gasteiger partial charge >= 0.3 is 5.97 Å². The van der Waals surface area contributed by atoms with Crippen molar-refractivity contribution in [1.29, 1.82) is 0 Å². The monoisotopic (exact) mass is 403 g/mol. The number of benzene rings is 2. The Kier molecular flexibility index (Phi) is 5.34. The molecular formula is C23H21N3O4. The van der Waals surface area contributed by atoms with Crippen LogP contribution in [0, 0.1) is 0 Å². The molecule has 1 aliphatic rings. The number of amides is 2. The van der Waals surface area contributed by atoms with Gasteiger partial charge in [-0.1, -0.05) is 12.1 Å². The Hall–Kier alpha value is -3.87. The molecule has 0 fully saturated rings. The van der Waals surface area contributed by atoms with E-state index in [9.17, 15) is 14.4 Å². The van der Waals surface area contributed by atoms with Crippen LogP contribution in [-0.4, -0.2) is 35.0 Å². The minimum Gasteiger partial charge on any atom is -0.452 e. The number of rotatable bonds is 4. The topological polar surface area (TPSA) is 80.6 Å². The van der Waals surface area contributed by atoms with Gasteiger partial charge < -0.3 is 19.5 Å². The van der Waals surface area contributed by atoms with E-state index in [0.717, 1.165) is 5.69 Å². The second-order valence-electron chi connectivity index (χ2n) is 7.10. The van der Waals surface area contributed by atoms with Crippen molar-refractivity contribution in [2.75, 3.05) is 16.8 Å². The van der Waals surface area contributed by atoms with Gasteiger partial charge in [-0.25, -0.2) is 4.79 Å². The second-order valence-corrected chi connectivity index (χ2v) is 7.10. The molecule has 152 valence electrons. The zero-order valence-corrected chi connectivity index (χ0v) is 16.4. The van der Waals surface area contributed by atoms with Crippen molar-refractivity contribution in [3.05, 3.63) is 78.6 Å². The van der Waals surface area contributed by atoms with E-state index in [4.69, 9.17) is 4.74 Å². The Bertz CT molecular complexity index is 1070. The molecule has 1 atom stereocenters. The van der Waals surface area contributed by atoms with E-state index in [-0.39, 0.29) is 24.3 Å². The number of carbonyl (C=O) groups excluding carboxylic acids is 3. The predicted octanol–water partition coefficient (Wildman–Crippen LogP) is 3.40. The number of nitrogens with zero attached hydrogens (tertiary/aromatic N) is 2. The molecule has 0 aliphatic carbocycles. The molecule has 7 heteroatoms. The number of fused-ring (bicyclic) bond motifs is 1. The summed E-state index contributed by atoms with van der Waals surface area (Å²) in [5.74, 6) is -1.12. The molecule has 7 nitrogen and oxygen atoms in total. The van der Waals surface area contributed by atoms with Crippen molar-refractivity contribution >= 4 is 29.2 Å². The van der Waals surface area contributed by atoms with Crippen LogP contribution >= 0.6 is 0 Å². The van der Waals surface area contributed by atoms with Crippen molar-refractivity contribution < 1.29 is 19.1 Å². The van der Waals surface area contributed by atoms with E-state index < -0.39 is 12.6 Å². The van der Waals surface area contributed by atoms with Gasteiger partial charge in [0.25, 0.3) is 5.91 Å². The normalized spacial score (nSPS) is 15.7. The van der Waals surface area contributed by atoms with Gasteiger partial charge in [-0.15, -0.1) is 0 Å². The molecule has 0 saturated carbocycles. The quantitative estimate of drug-likeness (QED) is 0.677. The summed E-state index contributed by atoms with van der Waals surface area (Å²) < 4.78 is 7.19. The number of nitrogens with one attached hydrogen (secondary N) is 1. The Morgan fingerprint density at radius 1 is 1.03 bits per heavy atom. The first-order valence-corrected chi connectivity index (χ1v) is 9.64. The first-order valence-electron chi connectivity index (χ1n) is 9.64. The lowest BCUT2D eigenvalue weighted by atomic mass is 10.1. The van der Waals surface area contributed by atoms with Crippen LogP contribution in [0.15, 0.2) is 73.1 Å². The number of anilines is 2. The Morgan fingerprint density at radius 3 is 2.47 bits per heavy atom. The molecule has 2 heterocycles. The first kappa shape index (κ1) is 19.4. The fourth-order valence-electron chi connectivity index (χ4n) is 3.52. The van der Waals surface area contributed by atoms with Gasteiger partial charge in [0.15, 0.2) is 6.61 Å². The molecule has 1 aliphatic heterocycles. The maximum atomic E-state index is 12.9. The van der Waals surface area contributed by atoms with Crippen LogP contribution in [0.5, 0.6) is 0 Å². The molecule has 2 amide bonds. The van der Waals surface area contributed by atoms with E-state index in [1.165, 1.54) is 4.90 Å². The molecule has 1 unspecified atom stereocenters. The average molecular weight is 403 g/mol. The SMILES string of the molecule is CC1CC(=O)Nc2ccccc2N1C(=O)COC(=O)c1ccc(-n2cccc2)cc1. The maximum absolute atomic E-state index is 12.9. The van der Waals surface area contributed by atoms with Gasteiger partial charge in [-0.05, 0) is 55.5 Å². The van der Waals surface area contributed by atoms with Gasteiger partial charge in [0, 0.05) is 30.5 Å². The summed E-state index contributed by atoms with van der Waals surface area (Å²) in [6.45, 7) is 1.38. The number of para-hydroxylation sites is 2. The lowest BCUT2D eigenvalue weighted by Gasteiger charge is -2.27. The highest BCUT2D eigenvalue weighted by molar-refractivity contribution is 6.05. The van der Waals surface area contributed by atoms with Gasteiger partial charge in [-0.3, -0.25) is 9.59 Å². The van der Waals surface area contributed by atoms with Crippen molar-refractivity contribution in [2.24, 2.45) is 0 Å². The van der Waals surface area contributed by atoms with Gasteiger partial charge in [-0.2, -0.15) is 0 Å². The van der Waals surface area contributed by atoms with Crippen LogP contribution in [0.1, 0.15) is 23.7 Å². The number of hydrogen-bond donors (Lipinski definition) is 1. The number of esters is 1. The molecule has 0 saturated heterocycles. The van der Waals surface area contributed by atoms with Crippen molar-refractivity contribution in [2.45, 2.75) is 19.4 Å². The average Bonchev–Trinajstić information content (AvgIpc) is 3.24. The molecule has 1 N–H and O–H groups in total. The van der Waals surface area contributed by atoms with Crippen LogP contribution in [-0.2, 0) is 14.3 Å². The standard InChI is InChI=1S/C23H21N3O4/c1-16-14-21(27)24-19-6-2-3-7-20(19)26(16)22(28)15-30-23(29)17-8-10-18(11-9-17)25-12-4-5-13-25/h2-13,16H,14-15H2,1H3,(H,24,27). The highest BCUT2D eigenvalue weighted by Crippen LogP contribution is 2.31. The third-order valence-electron chi connectivity index (χ3n) is 4.96. The molecule has 4 rings (SSSR count). The van der Waals surface area contributed by atoms with Crippen molar-refractivity contribution in [1.82, 2.24) is 4.57 Å². The Balaban J connectivity index is 1.45. The zero-order valence-electron chi connectivity index (χ0n) is 16.4. The molecule has 0 spiro atoms. The van der Waals surface area contributed by atoms with Gasteiger partial charge in [0.05, 0.1) is 16.9 Å². The van der Waals surface area contributed by atoms with Gasteiger partial charge in [0.2, 0.25) is 5.91 Å². The summed E-state index contributed by atoms with van der Waals surface area (Å²) >= 11 is 0. The number of hydrogen-bond acceptors (Lipinski definition) is 4. The smallest absolute Gasteiger partial charge is 0.338 e. The van der Waals surface area contributed by atoms with E-state index >= 15 is 0 Å². The third kappa shape index (κ3) is 3.96. The minimum atomic E-state index is -0.577. The summed E-state index contributed by atoms with van der Waals surface area (Å²) in [7, 11) is 0. The summed E-state index contributed by atoms with van der Waals surface area (Å²) in [6.07, 6.45) is 3.98. The number of aromatic nitrogens is 1. The maximum Gasteiger partial charge on any atom is 0.338 e. The second kappa shape index (κ2) is 8.24. The molecule has 2 aromatic carbocycles. The van der Waals surface area contributed by atoms with Crippen LogP contribution < -0.4 is 10.2 Å². The molecule has 0 radical (unpaired) electrons. The van der Waals surface area contributed by atoms with Crippen LogP contribution in [0.2, 0.25) is 0 Å². The zero-order chi connectivity index (χ0) is 21.1. The molecule has 3 aromatic rings. The third-order valence-corrected chi connectivity index (χ3v) is 4.96. The fourth-order valence-corrected chi connectivity index (χ4v) is 3.52. The summed E-state index contributed by atoms with van der Waals surface area (Å²) in [4.78, 5) is 38.9. The Labute approximate surface area is 173 Å². The number of ether oxygens (including phenoxy) is 1. The summed E-state index contributed by atoms with van der Waals surface area (Å²) in [6, 6.07) is 17.5. The van der Waals surface area contributed by atoms with E-state index in [0.29, 0.717) is 16.9 Å².